The molecule has 0 heterocycles. The third-order valence-corrected chi connectivity index (χ3v) is 4.05. The van der Waals surface area contributed by atoms with Crippen LogP contribution < -0.4 is 5.32 Å². The van der Waals surface area contributed by atoms with E-state index in [9.17, 15) is 4.39 Å². The van der Waals surface area contributed by atoms with Crippen LogP contribution in [0, 0.1) is 5.82 Å². The van der Waals surface area contributed by atoms with E-state index in [0.717, 1.165) is 30.5 Å². The van der Waals surface area contributed by atoms with Gasteiger partial charge in [-0.1, -0.05) is 48.3 Å². The minimum atomic E-state index is -0.200. The van der Waals surface area contributed by atoms with Gasteiger partial charge in [0, 0.05) is 16.1 Å². The fraction of sp³-hybridized carbons (Fsp3) is 0.294. The van der Waals surface area contributed by atoms with Crippen molar-refractivity contribution < 1.29 is 4.39 Å². The first-order chi connectivity index (χ1) is 10.1. The van der Waals surface area contributed by atoms with Gasteiger partial charge < -0.3 is 5.32 Å². The number of nitrogens with one attached hydrogen (secondary N) is 1. The second kappa shape index (κ2) is 7.79. The molecule has 0 aliphatic carbocycles. The van der Waals surface area contributed by atoms with Gasteiger partial charge in [-0.05, 0) is 54.8 Å². The van der Waals surface area contributed by atoms with E-state index in [1.54, 1.807) is 18.2 Å². The van der Waals surface area contributed by atoms with Crippen LogP contribution in [0.4, 0.5) is 4.39 Å². The molecule has 1 unspecified atom stereocenters. The molecule has 0 aliphatic rings. The van der Waals surface area contributed by atoms with E-state index in [4.69, 9.17) is 23.2 Å². The lowest BCUT2D eigenvalue weighted by Gasteiger charge is -2.18. The highest BCUT2D eigenvalue weighted by Crippen LogP contribution is 2.22. The van der Waals surface area contributed by atoms with Gasteiger partial charge in [-0.15, -0.1) is 0 Å². The van der Waals surface area contributed by atoms with Gasteiger partial charge >= 0.3 is 0 Å². The topological polar surface area (TPSA) is 12.0 Å². The van der Waals surface area contributed by atoms with E-state index in [1.165, 1.54) is 6.07 Å². The fourth-order valence-electron chi connectivity index (χ4n) is 2.33. The zero-order chi connectivity index (χ0) is 15.2. The molecule has 1 N–H and O–H groups in total. The standard InChI is InChI=1S/C17H18Cl2FN/c1-2-17(13-4-3-5-15(20)10-13)21-9-8-12-6-7-14(18)11-16(12)19/h3-7,10-11,17,21H,2,8-9H2,1H3. The molecule has 0 fully saturated rings. The van der Waals surface area contributed by atoms with Gasteiger partial charge in [0.15, 0.2) is 0 Å². The first-order valence-electron chi connectivity index (χ1n) is 7.03. The van der Waals surface area contributed by atoms with Crippen molar-refractivity contribution in [3.8, 4) is 0 Å². The largest absolute Gasteiger partial charge is 0.310 e. The Morgan fingerprint density at radius 2 is 1.95 bits per heavy atom. The summed E-state index contributed by atoms with van der Waals surface area (Å²) in [6.07, 6.45) is 1.71. The second-order valence-electron chi connectivity index (χ2n) is 4.96. The molecular weight excluding hydrogens is 308 g/mol. The molecule has 0 spiro atoms. The van der Waals surface area contributed by atoms with Crippen molar-refractivity contribution in [2.24, 2.45) is 0 Å². The van der Waals surface area contributed by atoms with E-state index in [0.29, 0.717) is 10.0 Å². The minimum absolute atomic E-state index is 0.145. The third-order valence-electron chi connectivity index (χ3n) is 3.46. The molecule has 1 atom stereocenters. The molecule has 0 saturated carbocycles. The van der Waals surface area contributed by atoms with Crippen LogP contribution in [-0.4, -0.2) is 6.54 Å². The summed E-state index contributed by atoms with van der Waals surface area (Å²) in [5.41, 5.74) is 2.03. The maximum absolute atomic E-state index is 13.3. The van der Waals surface area contributed by atoms with E-state index in [2.05, 4.69) is 12.2 Å². The molecule has 0 bridgehead atoms. The highest BCUT2D eigenvalue weighted by Gasteiger charge is 2.09. The van der Waals surface area contributed by atoms with Crippen LogP contribution in [-0.2, 0) is 6.42 Å². The van der Waals surface area contributed by atoms with Crippen LogP contribution in [0.3, 0.4) is 0 Å². The summed E-state index contributed by atoms with van der Waals surface area (Å²) in [5.74, 6) is -0.200. The molecule has 112 valence electrons. The average molecular weight is 326 g/mol. The van der Waals surface area contributed by atoms with Crippen molar-refractivity contribution in [3.63, 3.8) is 0 Å². The van der Waals surface area contributed by atoms with Crippen molar-refractivity contribution in [2.75, 3.05) is 6.54 Å². The molecule has 2 rings (SSSR count). The van der Waals surface area contributed by atoms with Gasteiger partial charge in [0.05, 0.1) is 0 Å². The Balaban J connectivity index is 1.94. The second-order valence-corrected chi connectivity index (χ2v) is 5.80. The SMILES string of the molecule is CCC(NCCc1ccc(Cl)cc1Cl)c1cccc(F)c1. The third kappa shape index (κ3) is 4.70. The van der Waals surface area contributed by atoms with Gasteiger partial charge in [0.1, 0.15) is 5.82 Å². The van der Waals surface area contributed by atoms with E-state index < -0.39 is 0 Å². The maximum atomic E-state index is 13.3. The van der Waals surface area contributed by atoms with Gasteiger partial charge in [0.25, 0.3) is 0 Å². The first kappa shape index (κ1) is 16.3. The molecule has 2 aromatic rings. The van der Waals surface area contributed by atoms with E-state index >= 15 is 0 Å². The van der Waals surface area contributed by atoms with E-state index in [-0.39, 0.29) is 11.9 Å². The molecule has 0 aliphatic heterocycles. The van der Waals surface area contributed by atoms with E-state index in [1.807, 2.05) is 18.2 Å². The summed E-state index contributed by atoms with van der Waals surface area (Å²) in [5, 5.41) is 4.77. The summed E-state index contributed by atoms with van der Waals surface area (Å²) in [4.78, 5) is 0. The highest BCUT2D eigenvalue weighted by atomic mass is 35.5. The maximum Gasteiger partial charge on any atom is 0.123 e. The van der Waals surface area contributed by atoms with Crippen LogP contribution in [0.5, 0.6) is 0 Å². The van der Waals surface area contributed by atoms with Crippen LogP contribution in [0.1, 0.15) is 30.5 Å². The Labute approximate surface area is 135 Å². The molecule has 0 aromatic heterocycles. The molecule has 0 radical (unpaired) electrons. The number of halogens is 3. The zero-order valence-electron chi connectivity index (χ0n) is 11.9. The highest BCUT2D eigenvalue weighted by molar-refractivity contribution is 6.35. The summed E-state index contributed by atoms with van der Waals surface area (Å²) < 4.78 is 13.3. The van der Waals surface area contributed by atoms with Gasteiger partial charge in [-0.25, -0.2) is 4.39 Å². The number of hydrogen-bond donors (Lipinski definition) is 1. The summed E-state index contributed by atoms with van der Waals surface area (Å²) >= 11 is 12.0. The number of rotatable bonds is 6. The molecule has 2 aromatic carbocycles. The molecular formula is C17H18Cl2FN. The summed E-state index contributed by atoms with van der Waals surface area (Å²) in [6.45, 7) is 2.86. The van der Waals surface area contributed by atoms with Crippen molar-refractivity contribution in [3.05, 3.63) is 69.5 Å². The molecule has 4 heteroatoms. The van der Waals surface area contributed by atoms with Crippen LogP contribution in [0.2, 0.25) is 10.0 Å². The van der Waals surface area contributed by atoms with Crippen molar-refractivity contribution in [1.82, 2.24) is 5.32 Å². The predicted molar refractivity (Wildman–Crippen MR) is 87.6 cm³/mol. The van der Waals surface area contributed by atoms with Gasteiger partial charge in [-0.2, -0.15) is 0 Å². The molecule has 21 heavy (non-hydrogen) atoms. The molecule has 1 nitrogen and oxygen atoms in total. The monoisotopic (exact) mass is 325 g/mol. The smallest absolute Gasteiger partial charge is 0.123 e. The van der Waals surface area contributed by atoms with Gasteiger partial charge in [0.2, 0.25) is 0 Å². The lowest BCUT2D eigenvalue weighted by atomic mass is 10.0. The van der Waals surface area contributed by atoms with Crippen molar-refractivity contribution in [2.45, 2.75) is 25.8 Å². The van der Waals surface area contributed by atoms with Crippen molar-refractivity contribution in [1.29, 1.82) is 0 Å². The summed E-state index contributed by atoms with van der Waals surface area (Å²) in [6, 6.07) is 12.4. The Hall–Kier alpha value is -1.09. The first-order valence-corrected chi connectivity index (χ1v) is 7.78. The number of hydrogen-bond acceptors (Lipinski definition) is 1. The summed E-state index contributed by atoms with van der Waals surface area (Å²) in [7, 11) is 0. The molecule has 0 saturated heterocycles. The lowest BCUT2D eigenvalue weighted by molar-refractivity contribution is 0.518. The van der Waals surface area contributed by atoms with Crippen LogP contribution >= 0.6 is 23.2 Å². The zero-order valence-corrected chi connectivity index (χ0v) is 13.4. The fourth-order valence-corrected chi connectivity index (χ4v) is 2.83. The molecule has 0 amide bonds. The van der Waals surface area contributed by atoms with Crippen LogP contribution in [0.15, 0.2) is 42.5 Å². The van der Waals surface area contributed by atoms with Crippen LogP contribution in [0.25, 0.3) is 0 Å². The normalized spacial score (nSPS) is 12.4. The van der Waals surface area contributed by atoms with Gasteiger partial charge in [-0.3, -0.25) is 0 Å². The van der Waals surface area contributed by atoms with Crippen molar-refractivity contribution >= 4 is 23.2 Å². The Kier molecular flexibility index (Phi) is 6.04. The Morgan fingerprint density at radius 1 is 1.14 bits per heavy atom. The quantitative estimate of drug-likeness (QED) is 0.748. The minimum Gasteiger partial charge on any atom is -0.310 e. The Bertz CT molecular complexity index is 601. The Morgan fingerprint density at radius 3 is 2.62 bits per heavy atom. The number of benzene rings is 2. The lowest BCUT2D eigenvalue weighted by Crippen LogP contribution is -2.23. The average Bonchev–Trinajstić information content (AvgIpc) is 2.45. The predicted octanol–water partition coefficient (Wildman–Crippen LogP) is 5.42.